The summed E-state index contributed by atoms with van der Waals surface area (Å²) in [5, 5.41) is 9.51. The Labute approximate surface area is 183 Å². The van der Waals surface area contributed by atoms with Crippen LogP contribution >= 0.6 is 0 Å². The summed E-state index contributed by atoms with van der Waals surface area (Å²) < 4.78 is 5.57. The molecule has 0 bridgehead atoms. The van der Waals surface area contributed by atoms with E-state index in [0.717, 1.165) is 21.9 Å². The normalized spacial score (nSPS) is 12.7. The molecule has 0 aliphatic rings. The predicted molar refractivity (Wildman–Crippen MR) is 125 cm³/mol. The van der Waals surface area contributed by atoms with E-state index in [0.29, 0.717) is 17.0 Å². The second-order valence-electron chi connectivity index (χ2n) is 9.06. The maximum absolute atomic E-state index is 13.3. The third-order valence-corrected chi connectivity index (χ3v) is 5.74. The molecule has 4 aromatic rings. The van der Waals surface area contributed by atoms with Gasteiger partial charge in [0.25, 0.3) is 5.91 Å². The third-order valence-electron chi connectivity index (χ3n) is 5.74. The summed E-state index contributed by atoms with van der Waals surface area (Å²) in [6, 6.07) is 22.3. The number of aromatic nitrogens is 1. The van der Waals surface area contributed by atoms with Gasteiger partial charge in [-0.05, 0) is 41.2 Å². The predicted octanol–water partition coefficient (Wildman–Crippen LogP) is 6.59. The van der Waals surface area contributed by atoms with E-state index in [2.05, 4.69) is 67.6 Å². The lowest BCUT2D eigenvalue weighted by molar-refractivity contribution is 0.0940. The minimum atomic E-state index is -0.186. The number of rotatable bonds is 4. The topological polar surface area (TPSA) is 55.1 Å². The van der Waals surface area contributed by atoms with Crippen molar-refractivity contribution < 1.29 is 9.32 Å². The van der Waals surface area contributed by atoms with Crippen molar-refractivity contribution in [3.8, 4) is 11.3 Å². The molecule has 31 heavy (non-hydrogen) atoms. The highest BCUT2D eigenvalue weighted by molar-refractivity contribution is 6.01. The molecule has 1 amide bonds. The molecule has 0 aliphatic carbocycles. The fraction of sp³-hybridized carbons (Fsp3) is 0.259. The number of benzene rings is 3. The van der Waals surface area contributed by atoms with Crippen LogP contribution in [0.1, 0.15) is 60.9 Å². The first-order valence-corrected chi connectivity index (χ1v) is 10.6. The summed E-state index contributed by atoms with van der Waals surface area (Å²) in [5.74, 6) is 0.315. The van der Waals surface area contributed by atoms with Crippen LogP contribution in [0.5, 0.6) is 0 Å². The first-order valence-electron chi connectivity index (χ1n) is 10.6. The van der Waals surface area contributed by atoms with Crippen molar-refractivity contribution in [3.63, 3.8) is 0 Å². The van der Waals surface area contributed by atoms with Crippen LogP contribution in [0.2, 0.25) is 0 Å². The Hall–Kier alpha value is -3.40. The summed E-state index contributed by atoms with van der Waals surface area (Å²) in [5.41, 5.74) is 4.27. The Bertz CT molecular complexity index is 1230. The molecule has 1 aromatic heterocycles. The number of fused-ring (bicyclic) bond motifs is 1. The van der Waals surface area contributed by atoms with Gasteiger partial charge in [0.1, 0.15) is 5.56 Å². The van der Waals surface area contributed by atoms with Gasteiger partial charge in [0, 0.05) is 5.56 Å². The zero-order chi connectivity index (χ0) is 22.2. The summed E-state index contributed by atoms with van der Waals surface area (Å²) in [6.07, 6.45) is 0. The minimum Gasteiger partial charge on any atom is -0.355 e. The van der Waals surface area contributed by atoms with E-state index in [-0.39, 0.29) is 17.4 Å². The lowest BCUT2D eigenvalue weighted by atomic mass is 9.86. The number of nitrogens with zero attached hydrogens (tertiary/aromatic N) is 1. The van der Waals surface area contributed by atoms with Gasteiger partial charge in [-0.15, -0.1) is 0 Å². The van der Waals surface area contributed by atoms with E-state index in [4.69, 9.17) is 4.52 Å². The Morgan fingerprint density at radius 1 is 0.968 bits per heavy atom. The zero-order valence-corrected chi connectivity index (χ0v) is 18.7. The maximum Gasteiger partial charge on any atom is 0.257 e. The molecular formula is C27H28N2O2. The van der Waals surface area contributed by atoms with Crippen LogP contribution in [-0.2, 0) is 5.41 Å². The number of hydrogen-bond acceptors (Lipinski definition) is 3. The van der Waals surface area contributed by atoms with Gasteiger partial charge in [-0.25, -0.2) is 0 Å². The molecule has 1 atom stereocenters. The Kier molecular flexibility index (Phi) is 5.40. The van der Waals surface area contributed by atoms with Crippen molar-refractivity contribution in [3.05, 3.63) is 89.1 Å². The number of hydrogen-bond donors (Lipinski definition) is 1. The standard InChI is InChI=1S/C27H28N2O2/c1-17(22-12-8-10-19-9-6-7-11-23(19)22)28-26(30)24-18(2)29-31-25(24)20-13-15-21(16-14-20)27(3,4)5/h6-17H,1-5H3,(H,28,30). The molecule has 0 aliphatic heterocycles. The van der Waals surface area contributed by atoms with Gasteiger partial charge >= 0.3 is 0 Å². The van der Waals surface area contributed by atoms with Crippen molar-refractivity contribution in [1.82, 2.24) is 10.5 Å². The molecular weight excluding hydrogens is 384 g/mol. The average Bonchev–Trinajstić information content (AvgIpc) is 3.14. The van der Waals surface area contributed by atoms with E-state index in [9.17, 15) is 4.79 Å². The molecule has 0 radical (unpaired) electrons. The van der Waals surface area contributed by atoms with Crippen LogP contribution in [0.25, 0.3) is 22.1 Å². The SMILES string of the molecule is Cc1noc(-c2ccc(C(C)(C)C)cc2)c1C(=O)NC(C)c1cccc2ccccc12. The van der Waals surface area contributed by atoms with E-state index >= 15 is 0 Å². The second kappa shape index (κ2) is 8.03. The van der Waals surface area contributed by atoms with Crippen LogP contribution in [-0.4, -0.2) is 11.1 Å². The van der Waals surface area contributed by atoms with Gasteiger partial charge in [-0.3, -0.25) is 4.79 Å². The third kappa shape index (κ3) is 4.11. The molecule has 0 fully saturated rings. The summed E-state index contributed by atoms with van der Waals surface area (Å²) in [6.45, 7) is 10.3. The fourth-order valence-corrected chi connectivity index (χ4v) is 3.93. The molecule has 0 spiro atoms. The second-order valence-corrected chi connectivity index (χ2v) is 9.06. The first kappa shape index (κ1) is 20.9. The van der Waals surface area contributed by atoms with Crippen LogP contribution in [0.3, 0.4) is 0 Å². The Morgan fingerprint density at radius 2 is 1.65 bits per heavy atom. The van der Waals surface area contributed by atoms with Crippen molar-refractivity contribution >= 4 is 16.7 Å². The smallest absolute Gasteiger partial charge is 0.257 e. The quantitative estimate of drug-likeness (QED) is 0.411. The van der Waals surface area contributed by atoms with Gasteiger partial charge < -0.3 is 9.84 Å². The molecule has 1 unspecified atom stereocenters. The van der Waals surface area contributed by atoms with Crippen LogP contribution in [0.4, 0.5) is 0 Å². The average molecular weight is 413 g/mol. The van der Waals surface area contributed by atoms with Gasteiger partial charge in [-0.1, -0.05) is 92.7 Å². The molecule has 4 rings (SSSR count). The van der Waals surface area contributed by atoms with E-state index < -0.39 is 0 Å². The highest BCUT2D eigenvalue weighted by Gasteiger charge is 2.24. The lowest BCUT2D eigenvalue weighted by Gasteiger charge is -2.19. The van der Waals surface area contributed by atoms with Crippen LogP contribution in [0, 0.1) is 6.92 Å². The zero-order valence-electron chi connectivity index (χ0n) is 18.7. The number of carbonyl (C=O) groups excluding carboxylic acids is 1. The molecule has 4 heteroatoms. The maximum atomic E-state index is 13.3. The van der Waals surface area contributed by atoms with Crippen LogP contribution in [0.15, 0.2) is 71.3 Å². The van der Waals surface area contributed by atoms with Crippen molar-refractivity contribution in [2.24, 2.45) is 0 Å². The molecule has 158 valence electrons. The van der Waals surface area contributed by atoms with Crippen molar-refractivity contribution in [1.29, 1.82) is 0 Å². The number of aryl methyl sites for hydroxylation is 1. The fourth-order valence-electron chi connectivity index (χ4n) is 3.93. The number of carbonyl (C=O) groups is 1. The molecule has 1 N–H and O–H groups in total. The van der Waals surface area contributed by atoms with Gasteiger partial charge in [-0.2, -0.15) is 0 Å². The van der Waals surface area contributed by atoms with E-state index in [1.807, 2.05) is 37.3 Å². The van der Waals surface area contributed by atoms with Gasteiger partial charge in [0.2, 0.25) is 0 Å². The molecule has 0 saturated heterocycles. The molecule has 0 saturated carbocycles. The van der Waals surface area contributed by atoms with Crippen LogP contribution < -0.4 is 5.32 Å². The summed E-state index contributed by atoms with van der Waals surface area (Å²) >= 11 is 0. The minimum absolute atomic E-state index is 0.0595. The molecule has 3 aromatic carbocycles. The monoisotopic (exact) mass is 412 g/mol. The van der Waals surface area contributed by atoms with Gasteiger partial charge in [0.05, 0.1) is 11.7 Å². The first-order chi connectivity index (χ1) is 14.8. The summed E-state index contributed by atoms with van der Waals surface area (Å²) in [4.78, 5) is 13.3. The molecule has 4 nitrogen and oxygen atoms in total. The number of amides is 1. The van der Waals surface area contributed by atoms with E-state index in [1.165, 1.54) is 5.56 Å². The van der Waals surface area contributed by atoms with Crippen molar-refractivity contribution in [2.75, 3.05) is 0 Å². The molecule has 1 heterocycles. The highest BCUT2D eigenvalue weighted by atomic mass is 16.5. The van der Waals surface area contributed by atoms with E-state index in [1.54, 1.807) is 6.92 Å². The largest absolute Gasteiger partial charge is 0.355 e. The number of nitrogens with one attached hydrogen (secondary N) is 1. The lowest BCUT2D eigenvalue weighted by Crippen LogP contribution is -2.27. The van der Waals surface area contributed by atoms with Crippen molar-refractivity contribution in [2.45, 2.75) is 46.1 Å². The Morgan fingerprint density at radius 3 is 2.35 bits per heavy atom. The Balaban J connectivity index is 1.63. The van der Waals surface area contributed by atoms with Gasteiger partial charge in [0.15, 0.2) is 5.76 Å². The summed E-state index contributed by atoms with van der Waals surface area (Å²) in [7, 11) is 0. The highest BCUT2D eigenvalue weighted by Crippen LogP contribution is 2.30.